The molecule has 0 radical (unpaired) electrons. The Kier molecular flexibility index (Phi) is 7.24. The number of amides is 1. The molecule has 156 valence electrons. The molecule has 1 N–H and O–H groups in total. The van der Waals surface area contributed by atoms with E-state index < -0.39 is 5.25 Å². The molecule has 0 aliphatic heterocycles. The maximum absolute atomic E-state index is 14.2. The molecule has 0 spiro atoms. The molecule has 0 aliphatic carbocycles. The van der Waals surface area contributed by atoms with Crippen LogP contribution in [0.1, 0.15) is 13.8 Å². The second kappa shape index (κ2) is 10.1. The number of anilines is 1. The van der Waals surface area contributed by atoms with Crippen LogP contribution < -0.4 is 10.1 Å². The number of allylic oxidation sites excluding steroid dienone is 1. The second-order valence-electron chi connectivity index (χ2n) is 6.36. The van der Waals surface area contributed by atoms with Gasteiger partial charge in [-0.25, -0.2) is 4.39 Å². The molecule has 0 saturated carbocycles. The van der Waals surface area contributed by atoms with E-state index in [2.05, 4.69) is 22.1 Å². The molecule has 8 heteroatoms. The summed E-state index contributed by atoms with van der Waals surface area (Å²) in [7, 11) is 0. The second-order valence-corrected chi connectivity index (χ2v) is 7.67. The fourth-order valence-electron chi connectivity index (χ4n) is 2.81. The third-order valence-electron chi connectivity index (χ3n) is 4.24. The summed E-state index contributed by atoms with van der Waals surface area (Å²) in [5.74, 6) is 0.421. The first-order chi connectivity index (χ1) is 14.5. The minimum absolute atomic E-state index is 0.201. The van der Waals surface area contributed by atoms with Gasteiger partial charge in [0.1, 0.15) is 11.6 Å². The summed E-state index contributed by atoms with van der Waals surface area (Å²) in [5.41, 5.74) is 0.956. The topological polar surface area (TPSA) is 69.0 Å². The van der Waals surface area contributed by atoms with Gasteiger partial charge in [0.2, 0.25) is 5.91 Å². The standard InChI is InChI=1S/C22H23FN4O2S/c1-4-14-27-20(16-10-6-7-11-17(16)23)25-26-22(27)30-15(3)21(28)24-18-12-8-9-13-19(18)29-5-2/h4,6-13,15H,1,5,14H2,2-3H3,(H,24,28). The number of nitrogens with zero attached hydrogens (tertiary/aromatic N) is 3. The average molecular weight is 427 g/mol. The van der Waals surface area contributed by atoms with Crippen LogP contribution in [0.2, 0.25) is 0 Å². The predicted molar refractivity (Wildman–Crippen MR) is 117 cm³/mol. The average Bonchev–Trinajstić information content (AvgIpc) is 3.12. The van der Waals surface area contributed by atoms with Crippen LogP contribution in [0.4, 0.5) is 10.1 Å². The van der Waals surface area contributed by atoms with Crippen LogP contribution >= 0.6 is 11.8 Å². The highest BCUT2D eigenvalue weighted by Crippen LogP contribution is 2.30. The lowest BCUT2D eigenvalue weighted by molar-refractivity contribution is -0.115. The number of carbonyl (C=O) groups excluding carboxylic acids is 1. The van der Waals surface area contributed by atoms with E-state index in [0.29, 0.717) is 41.1 Å². The van der Waals surface area contributed by atoms with E-state index in [1.54, 1.807) is 47.9 Å². The van der Waals surface area contributed by atoms with Crippen molar-refractivity contribution in [3.8, 4) is 17.1 Å². The lowest BCUT2D eigenvalue weighted by Crippen LogP contribution is -2.23. The van der Waals surface area contributed by atoms with E-state index in [1.807, 2.05) is 19.1 Å². The van der Waals surface area contributed by atoms with Crippen LogP contribution in [-0.4, -0.2) is 32.5 Å². The summed E-state index contributed by atoms with van der Waals surface area (Å²) in [6, 6.07) is 13.7. The molecule has 0 bridgehead atoms. The van der Waals surface area contributed by atoms with E-state index in [4.69, 9.17) is 4.74 Å². The Hall–Kier alpha value is -3.13. The van der Waals surface area contributed by atoms with Gasteiger partial charge in [-0.15, -0.1) is 16.8 Å². The number of carbonyl (C=O) groups is 1. The molecule has 1 amide bonds. The fraction of sp³-hybridized carbons (Fsp3) is 0.227. The fourth-order valence-corrected chi connectivity index (χ4v) is 3.67. The lowest BCUT2D eigenvalue weighted by atomic mass is 10.2. The third-order valence-corrected chi connectivity index (χ3v) is 5.32. The number of halogens is 1. The first-order valence-electron chi connectivity index (χ1n) is 9.53. The van der Waals surface area contributed by atoms with Crippen molar-refractivity contribution >= 4 is 23.4 Å². The van der Waals surface area contributed by atoms with E-state index in [1.165, 1.54) is 17.8 Å². The zero-order valence-corrected chi connectivity index (χ0v) is 17.7. The molecule has 0 fully saturated rings. The molecule has 1 unspecified atom stereocenters. The van der Waals surface area contributed by atoms with Gasteiger partial charge in [0.15, 0.2) is 11.0 Å². The van der Waals surface area contributed by atoms with Crippen LogP contribution in [0.25, 0.3) is 11.4 Å². The molecular formula is C22H23FN4O2S. The number of hydrogen-bond acceptors (Lipinski definition) is 5. The minimum atomic E-state index is -0.471. The van der Waals surface area contributed by atoms with Crippen LogP contribution in [0, 0.1) is 5.82 Å². The first kappa shape index (κ1) is 21.6. The van der Waals surface area contributed by atoms with Crippen molar-refractivity contribution in [3.05, 3.63) is 67.0 Å². The maximum Gasteiger partial charge on any atom is 0.237 e. The zero-order valence-electron chi connectivity index (χ0n) is 16.8. The molecule has 1 aromatic heterocycles. The molecule has 0 saturated heterocycles. The number of benzene rings is 2. The summed E-state index contributed by atoms with van der Waals surface area (Å²) in [4.78, 5) is 12.7. The first-order valence-corrected chi connectivity index (χ1v) is 10.4. The van der Waals surface area contributed by atoms with Gasteiger partial charge in [0, 0.05) is 6.54 Å². The predicted octanol–water partition coefficient (Wildman–Crippen LogP) is 4.79. The van der Waals surface area contributed by atoms with E-state index >= 15 is 0 Å². The maximum atomic E-state index is 14.2. The number of rotatable bonds is 9. The summed E-state index contributed by atoms with van der Waals surface area (Å²) < 4.78 is 21.5. The largest absolute Gasteiger partial charge is 0.492 e. The number of thioether (sulfide) groups is 1. The monoisotopic (exact) mass is 426 g/mol. The molecule has 3 rings (SSSR count). The van der Waals surface area contributed by atoms with Crippen LogP contribution in [0.5, 0.6) is 5.75 Å². The lowest BCUT2D eigenvalue weighted by Gasteiger charge is -2.15. The van der Waals surface area contributed by atoms with Gasteiger partial charge in [-0.1, -0.05) is 42.1 Å². The van der Waals surface area contributed by atoms with Gasteiger partial charge in [-0.05, 0) is 38.1 Å². The molecule has 1 atom stereocenters. The molecule has 0 aliphatic rings. The van der Waals surface area contributed by atoms with E-state index in [-0.39, 0.29) is 11.7 Å². The van der Waals surface area contributed by atoms with Gasteiger partial charge in [-0.2, -0.15) is 0 Å². The smallest absolute Gasteiger partial charge is 0.237 e. The minimum Gasteiger partial charge on any atom is -0.492 e. The van der Waals surface area contributed by atoms with Gasteiger partial charge < -0.3 is 10.1 Å². The molecular weight excluding hydrogens is 403 g/mol. The van der Waals surface area contributed by atoms with Crippen molar-refractivity contribution in [1.82, 2.24) is 14.8 Å². The number of nitrogens with one attached hydrogen (secondary N) is 1. The Bertz CT molecular complexity index is 1040. The SMILES string of the molecule is C=CCn1c(SC(C)C(=O)Nc2ccccc2OCC)nnc1-c1ccccc1F. The van der Waals surface area contributed by atoms with Crippen LogP contribution in [0.3, 0.4) is 0 Å². The Morgan fingerprint density at radius 1 is 1.27 bits per heavy atom. The summed E-state index contributed by atoms with van der Waals surface area (Å²) in [6.07, 6.45) is 1.68. The van der Waals surface area contributed by atoms with E-state index in [9.17, 15) is 9.18 Å². The Morgan fingerprint density at radius 3 is 2.73 bits per heavy atom. The van der Waals surface area contributed by atoms with Crippen LogP contribution in [-0.2, 0) is 11.3 Å². The number of para-hydroxylation sites is 2. The Labute approximate surface area is 179 Å². The quantitative estimate of drug-likeness (QED) is 0.394. The van der Waals surface area contributed by atoms with Crippen molar-refractivity contribution in [2.45, 2.75) is 30.8 Å². The van der Waals surface area contributed by atoms with Crippen molar-refractivity contribution < 1.29 is 13.9 Å². The van der Waals surface area contributed by atoms with Crippen molar-refractivity contribution in [2.75, 3.05) is 11.9 Å². The van der Waals surface area contributed by atoms with Gasteiger partial charge in [-0.3, -0.25) is 9.36 Å². The highest BCUT2D eigenvalue weighted by molar-refractivity contribution is 8.00. The molecule has 30 heavy (non-hydrogen) atoms. The zero-order chi connectivity index (χ0) is 21.5. The Balaban J connectivity index is 1.80. The molecule has 6 nitrogen and oxygen atoms in total. The van der Waals surface area contributed by atoms with E-state index in [0.717, 1.165) is 0 Å². The molecule has 1 heterocycles. The van der Waals surface area contributed by atoms with Crippen molar-refractivity contribution in [2.24, 2.45) is 0 Å². The summed E-state index contributed by atoms with van der Waals surface area (Å²) >= 11 is 1.24. The molecule has 3 aromatic rings. The molecule has 2 aromatic carbocycles. The van der Waals surface area contributed by atoms with Crippen LogP contribution in [0.15, 0.2) is 66.3 Å². The van der Waals surface area contributed by atoms with Gasteiger partial charge in [0.25, 0.3) is 0 Å². The van der Waals surface area contributed by atoms with Gasteiger partial charge >= 0.3 is 0 Å². The number of hydrogen-bond donors (Lipinski definition) is 1. The highest BCUT2D eigenvalue weighted by atomic mass is 32.2. The normalized spacial score (nSPS) is 11.7. The Morgan fingerprint density at radius 2 is 2.00 bits per heavy atom. The van der Waals surface area contributed by atoms with Crippen molar-refractivity contribution in [1.29, 1.82) is 0 Å². The van der Waals surface area contributed by atoms with Gasteiger partial charge in [0.05, 0.1) is 23.1 Å². The van der Waals surface area contributed by atoms with Crippen molar-refractivity contribution in [3.63, 3.8) is 0 Å². The highest BCUT2D eigenvalue weighted by Gasteiger charge is 2.22. The number of ether oxygens (including phenoxy) is 1. The summed E-state index contributed by atoms with van der Waals surface area (Å²) in [6.45, 7) is 8.31. The third kappa shape index (κ3) is 4.88. The number of aromatic nitrogens is 3. The summed E-state index contributed by atoms with van der Waals surface area (Å²) in [5, 5.41) is 11.3.